The third kappa shape index (κ3) is 1.21. The molecule has 0 amide bonds. The summed E-state index contributed by atoms with van der Waals surface area (Å²) < 4.78 is 1.39. The maximum Gasteiger partial charge on any atom is 0.157 e. The van der Waals surface area contributed by atoms with Gasteiger partial charge in [-0.1, -0.05) is 24.3 Å². The second-order valence-electron chi connectivity index (χ2n) is 6.19. The molecule has 0 N–H and O–H groups in total. The van der Waals surface area contributed by atoms with Gasteiger partial charge in [0.25, 0.3) is 0 Å². The van der Waals surface area contributed by atoms with E-state index in [0.29, 0.717) is 18.2 Å². The Balaban J connectivity index is 1.84. The zero-order valence-electron chi connectivity index (χ0n) is 11.1. The zero-order valence-corrected chi connectivity index (χ0v) is 12.0. The fourth-order valence-electron chi connectivity index (χ4n) is 4.35. The van der Waals surface area contributed by atoms with Crippen molar-refractivity contribution in [2.24, 2.45) is 0 Å². The SMILES string of the molecule is O=C1C=C[C@]23CCN(Cc4c2sc2ccccc42)[C@H]3C1. The monoisotopic (exact) mass is 281 g/mol. The predicted molar refractivity (Wildman–Crippen MR) is 81.1 cm³/mol. The van der Waals surface area contributed by atoms with Crippen molar-refractivity contribution in [1.82, 2.24) is 4.90 Å². The summed E-state index contributed by atoms with van der Waals surface area (Å²) in [5.41, 5.74) is 1.63. The largest absolute Gasteiger partial charge is 0.295 e. The van der Waals surface area contributed by atoms with Crippen molar-refractivity contribution in [3.05, 3.63) is 46.9 Å². The average molecular weight is 281 g/mol. The Bertz CT molecular complexity index is 774. The Hall–Kier alpha value is -1.45. The molecule has 1 unspecified atom stereocenters. The van der Waals surface area contributed by atoms with Crippen LogP contribution < -0.4 is 0 Å². The molecule has 0 saturated carbocycles. The fraction of sp³-hybridized carbons (Fsp3) is 0.353. The Morgan fingerprint density at radius 1 is 1.30 bits per heavy atom. The fourth-order valence-corrected chi connectivity index (χ4v) is 5.81. The summed E-state index contributed by atoms with van der Waals surface area (Å²) in [6.07, 6.45) is 5.92. The van der Waals surface area contributed by atoms with Crippen molar-refractivity contribution in [2.45, 2.75) is 30.8 Å². The lowest BCUT2D eigenvalue weighted by atomic mass is 9.70. The van der Waals surface area contributed by atoms with Gasteiger partial charge in [0.1, 0.15) is 0 Å². The van der Waals surface area contributed by atoms with Crippen LogP contribution in [0.25, 0.3) is 10.1 Å². The van der Waals surface area contributed by atoms with E-state index >= 15 is 0 Å². The molecule has 3 atom stereocenters. The third-order valence-corrected chi connectivity index (χ3v) is 6.70. The number of hydrogen-bond donors (Lipinski definition) is 0. The van der Waals surface area contributed by atoms with Crippen LogP contribution in [-0.4, -0.2) is 23.3 Å². The van der Waals surface area contributed by atoms with Crippen molar-refractivity contribution in [3.63, 3.8) is 0 Å². The number of benzene rings is 1. The average Bonchev–Trinajstić information content (AvgIpc) is 2.97. The smallest absolute Gasteiger partial charge is 0.157 e. The van der Waals surface area contributed by atoms with Crippen LogP contribution in [0.3, 0.4) is 0 Å². The van der Waals surface area contributed by atoms with Gasteiger partial charge in [-0.25, -0.2) is 0 Å². The molecule has 5 rings (SSSR count). The molecule has 3 heterocycles. The van der Waals surface area contributed by atoms with Crippen LogP contribution in [0, 0.1) is 0 Å². The summed E-state index contributed by atoms with van der Waals surface area (Å²) >= 11 is 1.95. The molecular formula is C17H15NOS. The van der Waals surface area contributed by atoms with Crippen LogP contribution in [0.4, 0.5) is 0 Å². The summed E-state index contributed by atoms with van der Waals surface area (Å²) in [4.78, 5) is 15.9. The number of nitrogens with zero attached hydrogens (tertiary/aromatic N) is 1. The van der Waals surface area contributed by atoms with Gasteiger partial charge in [0.2, 0.25) is 0 Å². The van der Waals surface area contributed by atoms with E-state index in [1.807, 2.05) is 17.4 Å². The van der Waals surface area contributed by atoms with E-state index in [4.69, 9.17) is 0 Å². The van der Waals surface area contributed by atoms with Gasteiger partial charge >= 0.3 is 0 Å². The number of ketones is 1. The molecule has 1 aliphatic carbocycles. The van der Waals surface area contributed by atoms with E-state index in [1.165, 1.54) is 26.9 Å². The molecule has 2 bridgehead atoms. The maximum absolute atomic E-state index is 11.8. The summed E-state index contributed by atoms with van der Waals surface area (Å²) in [6.45, 7) is 2.14. The van der Waals surface area contributed by atoms with Gasteiger partial charge in [-0.05, 0) is 29.5 Å². The van der Waals surface area contributed by atoms with Gasteiger partial charge < -0.3 is 0 Å². The molecule has 3 aliphatic rings. The number of carbonyl (C=O) groups excluding carboxylic acids is 1. The van der Waals surface area contributed by atoms with Gasteiger partial charge in [-0.15, -0.1) is 11.3 Å². The Kier molecular flexibility index (Phi) is 2.02. The molecule has 1 saturated heterocycles. The number of hydrogen-bond acceptors (Lipinski definition) is 3. The highest BCUT2D eigenvalue weighted by Gasteiger charge is 2.54. The van der Waals surface area contributed by atoms with Gasteiger partial charge in [0, 0.05) is 40.5 Å². The van der Waals surface area contributed by atoms with Gasteiger partial charge in [-0.2, -0.15) is 0 Å². The number of fused-ring (bicyclic) bond motifs is 3. The first kappa shape index (κ1) is 11.2. The molecule has 20 heavy (non-hydrogen) atoms. The topological polar surface area (TPSA) is 20.3 Å². The highest BCUT2D eigenvalue weighted by Crippen LogP contribution is 2.54. The lowest BCUT2D eigenvalue weighted by Gasteiger charge is -2.42. The van der Waals surface area contributed by atoms with Crippen LogP contribution in [0.5, 0.6) is 0 Å². The van der Waals surface area contributed by atoms with Crippen LogP contribution in [0.1, 0.15) is 23.3 Å². The number of rotatable bonds is 0. The van der Waals surface area contributed by atoms with Gasteiger partial charge in [-0.3, -0.25) is 9.69 Å². The first-order valence-electron chi connectivity index (χ1n) is 7.25. The molecule has 2 aromatic rings. The highest BCUT2D eigenvalue weighted by molar-refractivity contribution is 7.19. The quantitative estimate of drug-likeness (QED) is 0.739. The lowest BCUT2D eigenvalue weighted by Crippen LogP contribution is -2.47. The van der Waals surface area contributed by atoms with Gasteiger partial charge in [0.05, 0.1) is 0 Å². The minimum absolute atomic E-state index is 0.116. The molecule has 1 aromatic heterocycles. The summed E-state index contributed by atoms with van der Waals surface area (Å²) in [6, 6.07) is 9.14. The molecule has 0 spiro atoms. The van der Waals surface area contributed by atoms with E-state index in [2.05, 4.69) is 35.2 Å². The molecular weight excluding hydrogens is 266 g/mol. The van der Waals surface area contributed by atoms with Crippen molar-refractivity contribution < 1.29 is 4.79 Å². The Labute approximate surface area is 121 Å². The predicted octanol–water partition coefficient (Wildman–Crippen LogP) is 3.26. The van der Waals surface area contributed by atoms with Crippen LogP contribution >= 0.6 is 11.3 Å². The van der Waals surface area contributed by atoms with Gasteiger partial charge in [0.15, 0.2) is 5.78 Å². The van der Waals surface area contributed by atoms with Crippen LogP contribution in [0.15, 0.2) is 36.4 Å². The second kappa shape index (κ2) is 3.60. The lowest BCUT2D eigenvalue weighted by molar-refractivity contribution is -0.116. The zero-order chi connectivity index (χ0) is 13.3. The molecule has 100 valence electrons. The van der Waals surface area contributed by atoms with Crippen molar-refractivity contribution in [2.75, 3.05) is 6.54 Å². The first-order valence-corrected chi connectivity index (χ1v) is 8.07. The molecule has 0 radical (unpaired) electrons. The Morgan fingerprint density at radius 3 is 3.15 bits per heavy atom. The summed E-state index contributed by atoms with van der Waals surface area (Å²) in [5.74, 6) is 0.294. The van der Waals surface area contributed by atoms with E-state index < -0.39 is 0 Å². The molecule has 2 aliphatic heterocycles. The van der Waals surface area contributed by atoms with Crippen molar-refractivity contribution in [1.29, 1.82) is 0 Å². The van der Waals surface area contributed by atoms with E-state index in [-0.39, 0.29) is 5.41 Å². The molecule has 2 nitrogen and oxygen atoms in total. The number of carbonyl (C=O) groups is 1. The summed E-state index contributed by atoms with van der Waals surface area (Å²) in [5, 5.41) is 1.42. The van der Waals surface area contributed by atoms with E-state index in [1.54, 1.807) is 0 Å². The third-order valence-electron chi connectivity index (χ3n) is 5.29. The minimum Gasteiger partial charge on any atom is -0.295 e. The Morgan fingerprint density at radius 2 is 2.20 bits per heavy atom. The molecule has 3 heteroatoms. The van der Waals surface area contributed by atoms with Crippen LogP contribution in [0.2, 0.25) is 0 Å². The van der Waals surface area contributed by atoms with Crippen LogP contribution in [-0.2, 0) is 16.8 Å². The highest BCUT2D eigenvalue weighted by atomic mass is 32.1. The first-order chi connectivity index (χ1) is 9.78. The van der Waals surface area contributed by atoms with E-state index in [9.17, 15) is 4.79 Å². The number of thiophene rings is 1. The summed E-state index contributed by atoms with van der Waals surface area (Å²) in [7, 11) is 0. The number of allylic oxidation sites excluding steroid dienone is 1. The maximum atomic E-state index is 11.8. The minimum atomic E-state index is 0.116. The van der Waals surface area contributed by atoms with Crippen molar-refractivity contribution in [3.8, 4) is 0 Å². The van der Waals surface area contributed by atoms with E-state index in [0.717, 1.165) is 13.1 Å². The van der Waals surface area contributed by atoms with Crippen molar-refractivity contribution >= 4 is 27.2 Å². The second-order valence-corrected chi connectivity index (χ2v) is 7.24. The molecule has 1 fully saturated rings. The normalized spacial score (nSPS) is 34.3. The standard InChI is InChI=1S/C17H15NOS/c19-11-5-6-17-7-8-18(15(17)9-11)10-13-12-3-1-2-4-14(12)20-16(13)17/h1-6,15H,7-10H2/t15-,17+/m0/s1. The molecule has 1 aromatic carbocycles.